The number of nitrogens with zero attached hydrogens (tertiary/aromatic N) is 1. The molecule has 0 amide bonds. The molecule has 2 rings (SSSR count). The Bertz CT molecular complexity index is 436. The van der Waals surface area contributed by atoms with Crippen molar-refractivity contribution >= 4 is 10.9 Å². The molecule has 2 nitrogen and oxygen atoms in total. The Labute approximate surface area is 81.6 Å². The van der Waals surface area contributed by atoms with Crippen molar-refractivity contribution < 1.29 is 9.50 Å². The van der Waals surface area contributed by atoms with Crippen LogP contribution in [0.15, 0.2) is 30.5 Å². The Morgan fingerprint density at radius 3 is 2.93 bits per heavy atom. The van der Waals surface area contributed by atoms with Crippen molar-refractivity contribution in [2.24, 2.45) is 0 Å². The van der Waals surface area contributed by atoms with Gasteiger partial charge in [-0.1, -0.05) is 0 Å². The van der Waals surface area contributed by atoms with Gasteiger partial charge >= 0.3 is 0 Å². The highest BCUT2D eigenvalue weighted by atomic mass is 19.1. The van der Waals surface area contributed by atoms with Crippen molar-refractivity contribution in [3.05, 3.63) is 36.3 Å². The molecule has 3 heteroatoms. The molecule has 0 aliphatic carbocycles. The van der Waals surface area contributed by atoms with Crippen molar-refractivity contribution in [2.75, 3.05) is 6.61 Å². The Kier molecular flexibility index (Phi) is 2.50. The maximum absolute atomic E-state index is 12.8. The quantitative estimate of drug-likeness (QED) is 0.794. The van der Waals surface area contributed by atoms with Crippen molar-refractivity contribution in [1.82, 2.24) is 4.57 Å². The van der Waals surface area contributed by atoms with E-state index in [9.17, 15) is 4.39 Å². The van der Waals surface area contributed by atoms with Gasteiger partial charge in [0.2, 0.25) is 0 Å². The number of benzene rings is 1. The van der Waals surface area contributed by atoms with Crippen LogP contribution in [0.3, 0.4) is 0 Å². The predicted octanol–water partition coefficient (Wildman–Crippen LogP) is 2.16. The summed E-state index contributed by atoms with van der Waals surface area (Å²) in [6, 6.07) is 6.63. The van der Waals surface area contributed by atoms with Gasteiger partial charge in [0.15, 0.2) is 0 Å². The molecule has 0 bridgehead atoms. The average molecular weight is 193 g/mol. The van der Waals surface area contributed by atoms with Crippen LogP contribution < -0.4 is 0 Å². The minimum atomic E-state index is -0.211. The summed E-state index contributed by atoms with van der Waals surface area (Å²) in [4.78, 5) is 0. The monoisotopic (exact) mass is 193 g/mol. The zero-order valence-electron chi connectivity index (χ0n) is 7.78. The molecule has 0 spiro atoms. The molecule has 2 aromatic rings. The standard InChI is InChI=1S/C11H12FNO/c12-10-2-3-11-9(8-10)4-6-13(11)5-1-7-14/h2-4,6,8,14H,1,5,7H2. The highest BCUT2D eigenvalue weighted by molar-refractivity contribution is 5.80. The Hall–Kier alpha value is -1.35. The average Bonchev–Trinajstić information content (AvgIpc) is 2.57. The molecular weight excluding hydrogens is 181 g/mol. The maximum atomic E-state index is 12.8. The van der Waals surface area contributed by atoms with Gasteiger partial charge in [-0.3, -0.25) is 0 Å². The number of hydrogen-bond donors (Lipinski definition) is 1. The number of fused-ring (bicyclic) bond motifs is 1. The van der Waals surface area contributed by atoms with Gasteiger partial charge in [-0.15, -0.1) is 0 Å². The molecule has 74 valence electrons. The highest BCUT2D eigenvalue weighted by Crippen LogP contribution is 2.17. The van der Waals surface area contributed by atoms with E-state index in [0.29, 0.717) is 0 Å². The zero-order chi connectivity index (χ0) is 9.97. The number of rotatable bonds is 3. The molecule has 0 radical (unpaired) electrons. The van der Waals surface area contributed by atoms with E-state index in [4.69, 9.17) is 5.11 Å². The minimum absolute atomic E-state index is 0.181. The fraction of sp³-hybridized carbons (Fsp3) is 0.273. The lowest BCUT2D eigenvalue weighted by Gasteiger charge is -2.03. The summed E-state index contributed by atoms with van der Waals surface area (Å²) < 4.78 is 14.9. The fourth-order valence-electron chi connectivity index (χ4n) is 1.61. The first-order chi connectivity index (χ1) is 6.81. The first kappa shape index (κ1) is 9.21. The second kappa shape index (κ2) is 3.80. The summed E-state index contributed by atoms with van der Waals surface area (Å²) in [6.45, 7) is 0.951. The molecule has 14 heavy (non-hydrogen) atoms. The van der Waals surface area contributed by atoms with Crippen LogP contribution in [0.2, 0.25) is 0 Å². The summed E-state index contributed by atoms with van der Waals surface area (Å²) in [5.41, 5.74) is 1.01. The van der Waals surface area contributed by atoms with E-state index in [1.165, 1.54) is 12.1 Å². The zero-order valence-corrected chi connectivity index (χ0v) is 7.78. The van der Waals surface area contributed by atoms with Crippen LogP contribution in [-0.2, 0) is 6.54 Å². The Morgan fingerprint density at radius 2 is 2.14 bits per heavy atom. The Morgan fingerprint density at radius 1 is 1.29 bits per heavy atom. The molecule has 1 aromatic heterocycles. The topological polar surface area (TPSA) is 25.2 Å². The molecule has 0 aliphatic heterocycles. The molecule has 0 saturated heterocycles. The van der Waals surface area contributed by atoms with E-state index in [-0.39, 0.29) is 12.4 Å². The van der Waals surface area contributed by atoms with Gasteiger partial charge in [-0.05, 0) is 30.7 Å². The van der Waals surface area contributed by atoms with Gasteiger partial charge in [-0.25, -0.2) is 4.39 Å². The number of aromatic nitrogens is 1. The van der Waals surface area contributed by atoms with Crippen LogP contribution in [0.1, 0.15) is 6.42 Å². The molecule has 1 aromatic carbocycles. The maximum Gasteiger partial charge on any atom is 0.123 e. The number of aliphatic hydroxyl groups excluding tert-OH is 1. The number of aliphatic hydroxyl groups is 1. The normalized spacial score (nSPS) is 11.0. The number of halogens is 1. The second-order valence-electron chi connectivity index (χ2n) is 3.29. The van der Waals surface area contributed by atoms with Gasteiger partial charge in [0.05, 0.1) is 0 Å². The lowest BCUT2D eigenvalue weighted by atomic mass is 10.2. The summed E-state index contributed by atoms with van der Waals surface area (Å²) in [7, 11) is 0. The first-order valence-electron chi connectivity index (χ1n) is 4.66. The van der Waals surface area contributed by atoms with Crippen LogP contribution in [-0.4, -0.2) is 16.3 Å². The van der Waals surface area contributed by atoms with Crippen LogP contribution in [0, 0.1) is 5.82 Å². The predicted molar refractivity (Wildman–Crippen MR) is 53.6 cm³/mol. The third-order valence-corrected chi connectivity index (χ3v) is 2.29. The van der Waals surface area contributed by atoms with Crippen LogP contribution >= 0.6 is 0 Å². The van der Waals surface area contributed by atoms with Crippen molar-refractivity contribution in [2.45, 2.75) is 13.0 Å². The summed E-state index contributed by atoms with van der Waals surface area (Å²) in [5, 5.41) is 9.61. The molecule has 0 aliphatic rings. The number of hydrogen-bond acceptors (Lipinski definition) is 1. The van der Waals surface area contributed by atoms with Gasteiger partial charge in [-0.2, -0.15) is 0 Å². The molecular formula is C11H12FNO. The molecule has 1 heterocycles. The summed E-state index contributed by atoms with van der Waals surface area (Å²) in [6.07, 6.45) is 2.64. The van der Waals surface area contributed by atoms with Gasteiger partial charge < -0.3 is 9.67 Å². The summed E-state index contributed by atoms with van der Waals surface area (Å²) in [5.74, 6) is -0.211. The lowest BCUT2D eigenvalue weighted by Crippen LogP contribution is -1.97. The van der Waals surface area contributed by atoms with Crippen molar-refractivity contribution in [3.63, 3.8) is 0 Å². The molecule has 1 N–H and O–H groups in total. The van der Waals surface area contributed by atoms with Crippen molar-refractivity contribution in [3.8, 4) is 0 Å². The number of aryl methyl sites for hydroxylation is 1. The second-order valence-corrected chi connectivity index (χ2v) is 3.29. The van der Waals surface area contributed by atoms with Crippen LogP contribution in [0.25, 0.3) is 10.9 Å². The smallest absolute Gasteiger partial charge is 0.123 e. The van der Waals surface area contributed by atoms with E-state index in [2.05, 4.69) is 0 Å². The van der Waals surface area contributed by atoms with E-state index in [0.717, 1.165) is 23.9 Å². The highest BCUT2D eigenvalue weighted by Gasteiger charge is 2.01. The van der Waals surface area contributed by atoms with Gasteiger partial charge in [0.25, 0.3) is 0 Å². The molecule has 0 fully saturated rings. The van der Waals surface area contributed by atoms with Crippen molar-refractivity contribution in [1.29, 1.82) is 0 Å². The largest absolute Gasteiger partial charge is 0.396 e. The fourth-order valence-corrected chi connectivity index (χ4v) is 1.61. The SMILES string of the molecule is OCCCn1ccc2cc(F)ccc21. The molecule has 0 atom stereocenters. The van der Waals surface area contributed by atoms with E-state index in [1.54, 1.807) is 6.07 Å². The van der Waals surface area contributed by atoms with E-state index < -0.39 is 0 Å². The molecule has 0 unspecified atom stereocenters. The van der Waals surface area contributed by atoms with Crippen LogP contribution in [0.4, 0.5) is 4.39 Å². The van der Waals surface area contributed by atoms with Gasteiger partial charge in [0.1, 0.15) is 5.82 Å². The van der Waals surface area contributed by atoms with E-state index in [1.807, 2.05) is 16.8 Å². The lowest BCUT2D eigenvalue weighted by molar-refractivity contribution is 0.280. The summed E-state index contributed by atoms with van der Waals surface area (Å²) >= 11 is 0. The third-order valence-electron chi connectivity index (χ3n) is 2.29. The third kappa shape index (κ3) is 1.63. The molecule has 0 saturated carbocycles. The minimum Gasteiger partial charge on any atom is -0.396 e. The Balaban J connectivity index is 2.37. The van der Waals surface area contributed by atoms with Crippen LogP contribution in [0.5, 0.6) is 0 Å². The van der Waals surface area contributed by atoms with E-state index >= 15 is 0 Å². The van der Waals surface area contributed by atoms with Gasteiger partial charge in [0, 0.05) is 30.3 Å². The first-order valence-corrected chi connectivity index (χ1v) is 4.66.